The van der Waals surface area contributed by atoms with E-state index in [2.05, 4.69) is 10.6 Å². The smallest absolute Gasteiger partial charge is 0.239 e. The summed E-state index contributed by atoms with van der Waals surface area (Å²) in [4.78, 5) is 22.2. The number of anilines is 2. The normalized spacial score (nSPS) is 9.82. The van der Waals surface area contributed by atoms with E-state index in [9.17, 15) is 9.59 Å². The molecule has 1 aromatic carbocycles. The van der Waals surface area contributed by atoms with E-state index in [4.69, 9.17) is 17.3 Å². The first-order valence-corrected chi connectivity index (χ1v) is 5.56. The highest BCUT2D eigenvalue weighted by Gasteiger charge is 2.05. The number of rotatable bonds is 4. The Bertz CT molecular complexity index is 435. The van der Waals surface area contributed by atoms with Crippen LogP contribution >= 0.6 is 11.6 Å². The van der Waals surface area contributed by atoms with Crippen molar-refractivity contribution in [3.63, 3.8) is 0 Å². The molecule has 4 N–H and O–H groups in total. The molecule has 1 rings (SSSR count). The van der Waals surface area contributed by atoms with Gasteiger partial charge in [0, 0.05) is 11.4 Å². The molecule has 1 aromatic rings. The molecule has 17 heavy (non-hydrogen) atoms. The molecule has 0 atom stereocenters. The summed E-state index contributed by atoms with van der Waals surface area (Å²) in [6.45, 7) is 1.76. The third kappa shape index (κ3) is 4.05. The molecule has 0 aromatic heterocycles. The van der Waals surface area contributed by atoms with Gasteiger partial charge in [0.25, 0.3) is 0 Å². The lowest BCUT2D eigenvalue weighted by molar-refractivity contribution is -0.115. The Kier molecular flexibility index (Phi) is 4.93. The zero-order valence-electron chi connectivity index (χ0n) is 9.42. The van der Waals surface area contributed by atoms with Crippen molar-refractivity contribution in [3.8, 4) is 0 Å². The highest BCUT2D eigenvalue weighted by molar-refractivity contribution is 6.29. The number of nitrogens with two attached hydrogens (primary N) is 1. The number of nitrogens with one attached hydrogen (secondary N) is 2. The first kappa shape index (κ1) is 13.5. The molecule has 0 heterocycles. The molecule has 0 spiro atoms. The van der Waals surface area contributed by atoms with E-state index in [1.54, 1.807) is 18.2 Å². The van der Waals surface area contributed by atoms with Crippen LogP contribution in [0.2, 0.25) is 0 Å². The van der Waals surface area contributed by atoms with Crippen molar-refractivity contribution < 1.29 is 9.59 Å². The number of alkyl halides is 1. The lowest BCUT2D eigenvalue weighted by Crippen LogP contribution is -2.22. The van der Waals surface area contributed by atoms with E-state index < -0.39 is 0 Å². The van der Waals surface area contributed by atoms with Gasteiger partial charge in [0.1, 0.15) is 5.88 Å². The zero-order chi connectivity index (χ0) is 12.8. The number of hydrogen-bond donors (Lipinski definition) is 3. The Balaban J connectivity index is 2.79. The Labute approximate surface area is 104 Å². The fourth-order valence-electron chi connectivity index (χ4n) is 1.28. The third-order valence-electron chi connectivity index (χ3n) is 2.09. The van der Waals surface area contributed by atoms with Crippen molar-refractivity contribution in [3.05, 3.63) is 23.8 Å². The van der Waals surface area contributed by atoms with Gasteiger partial charge in [-0.2, -0.15) is 0 Å². The average Bonchev–Trinajstić information content (AvgIpc) is 2.32. The van der Waals surface area contributed by atoms with Gasteiger partial charge in [0.05, 0.1) is 6.54 Å². The Morgan fingerprint density at radius 1 is 1.29 bits per heavy atom. The summed E-state index contributed by atoms with van der Waals surface area (Å²) in [6.07, 6.45) is 0. The standard InChI is InChI=1S/C11H14ClN3O2/c1-7-4-8(14-11(17)6-13)2-3-9(7)15-10(16)5-12/h2-4H,5-6,13H2,1H3,(H,14,17)(H,15,16). The quantitative estimate of drug-likeness (QED) is 0.704. The van der Waals surface area contributed by atoms with Crippen LogP contribution in [0.15, 0.2) is 18.2 Å². The summed E-state index contributed by atoms with van der Waals surface area (Å²) in [6, 6.07) is 5.13. The molecule has 0 aliphatic carbocycles. The van der Waals surface area contributed by atoms with Crippen molar-refractivity contribution >= 4 is 34.8 Å². The van der Waals surface area contributed by atoms with Gasteiger partial charge in [-0.25, -0.2) is 0 Å². The molecule has 5 nitrogen and oxygen atoms in total. The predicted molar refractivity (Wildman–Crippen MR) is 68.2 cm³/mol. The van der Waals surface area contributed by atoms with Crippen LogP contribution in [-0.4, -0.2) is 24.2 Å². The molecule has 0 saturated heterocycles. The van der Waals surface area contributed by atoms with Crippen LogP contribution < -0.4 is 16.4 Å². The maximum Gasteiger partial charge on any atom is 0.239 e. The summed E-state index contributed by atoms with van der Waals surface area (Å²) < 4.78 is 0. The second-order valence-electron chi connectivity index (χ2n) is 3.46. The fraction of sp³-hybridized carbons (Fsp3) is 0.273. The molecule has 0 fully saturated rings. The van der Waals surface area contributed by atoms with Crippen molar-refractivity contribution in [2.45, 2.75) is 6.92 Å². The summed E-state index contributed by atoms with van der Waals surface area (Å²) in [5, 5.41) is 5.27. The van der Waals surface area contributed by atoms with Gasteiger partial charge in [0.2, 0.25) is 11.8 Å². The van der Waals surface area contributed by atoms with Gasteiger partial charge in [-0.1, -0.05) is 0 Å². The first-order chi connectivity index (χ1) is 8.06. The number of aryl methyl sites for hydroxylation is 1. The van der Waals surface area contributed by atoms with Gasteiger partial charge in [-0.05, 0) is 30.7 Å². The summed E-state index contributed by atoms with van der Waals surface area (Å²) in [5.74, 6) is -0.624. The molecule has 0 bridgehead atoms. The number of hydrogen-bond acceptors (Lipinski definition) is 3. The van der Waals surface area contributed by atoms with Crippen LogP contribution in [0.1, 0.15) is 5.56 Å². The second kappa shape index (κ2) is 6.22. The van der Waals surface area contributed by atoms with E-state index in [1.165, 1.54) is 0 Å². The molecule has 0 aliphatic rings. The van der Waals surface area contributed by atoms with Crippen molar-refractivity contribution in [1.82, 2.24) is 0 Å². The molecule has 6 heteroatoms. The minimum Gasteiger partial charge on any atom is -0.325 e. The lowest BCUT2D eigenvalue weighted by atomic mass is 10.1. The van der Waals surface area contributed by atoms with Gasteiger partial charge >= 0.3 is 0 Å². The van der Waals surface area contributed by atoms with E-state index in [0.29, 0.717) is 11.4 Å². The molecular formula is C11H14ClN3O2. The highest BCUT2D eigenvalue weighted by atomic mass is 35.5. The summed E-state index contributed by atoms with van der Waals surface area (Å²) in [7, 11) is 0. The van der Waals surface area contributed by atoms with Crippen LogP contribution in [0, 0.1) is 6.92 Å². The van der Waals surface area contributed by atoms with Gasteiger partial charge < -0.3 is 16.4 Å². The molecule has 92 valence electrons. The summed E-state index contributed by atoms with van der Waals surface area (Å²) in [5.41, 5.74) is 7.33. The number of benzene rings is 1. The average molecular weight is 256 g/mol. The lowest BCUT2D eigenvalue weighted by Gasteiger charge is -2.10. The van der Waals surface area contributed by atoms with Crippen LogP contribution in [0.5, 0.6) is 0 Å². The van der Waals surface area contributed by atoms with Crippen molar-refractivity contribution in [1.29, 1.82) is 0 Å². The minimum atomic E-state index is -0.270. The predicted octanol–water partition coefficient (Wildman–Crippen LogP) is 1.07. The maximum absolute atomic E-state index is 11.1. The monoisotopic (exact) mass is 255 g/mol. The topological polar surface area (TPSA) is 84.2 Å². The number of carbonyl (C=O) groups excluding carboxylic acids is 2. The van der Waals surface area contributed by atoms with Crippen molar-refractivity contribution in [2.75, 3.05) is 23.1 Å². The number of halogens is 1. The third-order valence-corrected chi connectivity index (χ3v) is 2.33. The molecule has 0 radical (unpaired) electrons. The van der Waals surface area contributed by atoms with Crippen molar-refractivity contribution in [2.24, 2.45) is 5.73 Å². The molecular weight excluding hydrogens is 242 g/mol. The Morgan fingerprint density at radius 3 is 2.53 bits per heavy atom. The molecule has 0 saturated carbocycles. The van der Waals surface area contributed by atoms with Crippen LogP contribution in [-0.2, 0) is 9.59 Å². The van der Waals surface area contributed by atoms with Gasteiger partial charge in [0.15, 0.2) is 0 Å². The Hall–Kier alpha value is -1.59. The van der Waals surface area contributed by atoms with Gasteiger partial charge in [-0.3, -0.25) is 9.59 Å². The minimum absolute atomic E-state index is 0.0657. The highest BCUT2D eigenvalue weighted by Crippen LogP contribution is 2.19. The molecule has 0 unspecified atom stereocenters. The van der Waals surface area contributed by atoms with E-state index in [1.807, 2.05) is 6.92 Å². The first-order valence-electron chi connectivity index (χ1n) is 5.03. The number of carbonyl (C=O) groups is 2. The van der Waals surface area contributed by atoms with Crippen LogP contribution in [0.4, 0.5) is 11.4 Å². The molecule has 0 aliphatic heterocycles. The largest absolute Gasteiger partial charge is 0.325 e. The maximum atomic E-state index is 11.1. The van der Waals surface area contributed by atoms with E-state index in [-0.39, 0.29) is 24.2 Å². The fourth-order valence-corrected chi connectivity index (χ4v) is 1.34. The number of amides is 2. The van der Waals surface area contributed by atoms with Crippen LogP contribution in [0.3, 0.4) is 0 Å². The summed E-state index contributed by atoms with van der Waals surface area (Å²) >= 11 is 5.39. The molecule has 2 amide bonds. The zero-order valence-corrected chi connectivity index (χ0v) is 10.2. The van der Waals surface area contributed by atoms with Crippen LogP contribution in [0.25, 0.3) is 0 Å². The second-order valence-corrected chi connectivity index (χ2v) is 3.73. The van der Waals surface area contributed by atoms with E-state index in [0.717, 1.165) is 5.56 Å². The van der Waals surface area contributed by atoms with E-state index >= 15 is 0 Å². The van der Waals surface area contributed by atoms with Gasteiger partial charge in [-0.15, -0.1) is 11.6 Å². The SMILES string of the molecule is Cc1cc(NC(=O)CN)ccc1NC(=O)CCl. The Morgan fingerprint density at radius 2 is 2.00 bits per heavy atom.